The normalized spacial score (nSPS) is 11.2. The Morgan fingerprint density at radius 3 is 2.04 bits per heavy atom. The number of carbonyl (C=O) groups is 1. The van der Waals surface area contributed by atoms with Crippen LogP contribution in [0.2, 0.25) is 0 Å². The molecule has 3 heteroatoms. The van der Waals surface area contributed by atoms with Crippen molar-refractivity contribution < 1.29 is 14.3 Å². The Morgan fingerprint density at radius 2 is 1.52 bits per heavy atom. The molecule has 0 amide bonds. The van der Waals surface area contributed by atoms with Crippen LogP contribution in [0.1, 0.15) is 47.8 Å². The number of ether oxygens (including phenoxy) is 2. The third kappa shape index (κ3) is 3.73. The molecule has 0 aromatic heterocycles. The van der Waals surface area contributed by atoms with Crippen molar-refractivity contribution in [1.29, 1.82) is 0 Å². The van der Waals surface area contributed by atoms with Gasteiger partial charge in [0, 0.05) is 0 Å². The lowest BCUT2D eigenvalue weighted by Crippen LogP contribution is -2.10. The van der Waals surface area contributed by atoms with Crippen LogP contribution in [-0.4, -0.2) is 13.1 Å². The van der Waals surface area contributed by atoms with Gasteiger partial charge in [-0.2, -0.15) is 0 Å². The van der Waals surface area contributed by atoms with E-state index in [-0.39, 0.29) is 11.4 Å². The molecule has 2 aromatic rings. The van der Waals surface area contributed by atoms with E-state index in [9.17, 15) is 4.79 Å². The van der Waals surface area contributed by atoms with Crippen molar-refractivity contribution in [2.45, 2.75) is 40.0 Å². The van der Waals surface area contributed by atoms with Crippen molar-refractivity contribution in [1.82, 2.24) is 0 Å². The molecule has 0 heterocycles. The summed E-state index contributed by atoms with van der Waals surface area (Å²) < 4.78 is 10.8. The predicted octanol–water partition coefficient (Wildman–Crippen LogP) is 5.18. The smallest absolute Gasteiger partial charge is 0.338 e. The standard InChI is InChI=1S/C20H24O3/c1-13-14(2)18(12-11-17(13)19(21)22-6)23-16-9-7-15(8-10-16)20(3,4)5/h7-12H,1-6H3. The first-order valence-electron chi connectivity index (χ1n) is 7.71. The first kappa shape index (κ1) is 17.1. The number of rotatable bonds is 3. The van der Waals surface area contributed by atoms with Crippen molar-refractivity contribution in [3.63, 3.8) is 0 Å². The molecular weight excluding hydrogens is 288 g/mol. The quantitative estimate of drug-likeness (QED) is 0.733. The lowest BCUT2D eigenvalue weighted by Gasteiger charge is -2.19. The molecule has 0 aliphatic carbocycles. The molecule has 0 radical (unpaired) electrons. The highest BCUT2D eigenvalue weighted by atomic mass is 16.5. The number of carbonyl (C=O) groups excluding carboxylic acids is 1. The van der Waals surface area contributed by atoms with Crippen LogP contribution in [0.3, 0.4) is 0 Å². The van der Waals surface area contributed by atoms with E-state index in [1.165, 1.54) is 12.7 Å². The fourth-order valence-corrected chi connectivity index (χ4v) is 2.39. The van der Waals surface area contributed by atoms with Crippen LogP contribution in [0.25, 0.3) is 0 Å². The summed E-state index contributed by atoms with van der Waals surface area (Å²) >= 11 is 0. The fraction of sp³-hybridized carbons (Fsp3) is 0.350. The van der Waals surface area contributed by atoms with Gasteiger partial charge in [0.05, 0.1) is 12.7 Å². The third-order valence-electron chi connectivity index (χ3n) is 4.09. The van der Waals surface area contributed by atoms with Gasteiger partial charge in [-0.3, -0.25) is 0 Å². The average molecular weight is 312 g/mol. The van der Waals surface area contributed by atoms with E-state index in [0.717, 1.165) is 22.6 Å². The Hall–Kier alpha value is -2.29. The van der Waals surface area contributed by atoms with E-state index in [1.807, 2.05) is 32.0 Å². The maximum absolute atomic E-state index is 11.7. The van der Waals surface area contributed by atoms with Gasteiger partial charge in [0.25, 0.3) is 0 Å². The molecule has 0 saturated heterocycles. The largest absolute Gasteiger partial charge is 0.465 e. The van der Waals surface area contributed by atoms with Crippen LogP contribution in [0.4, 0.5) is 0 Å². The van der Waals surface area contributed by atoms with Gasteiger partial charge >= 0.3 is 5.97 Å². The second-order valence-corrected chi connectivity index (χ2v) is 6.73. The Morgan fingerprint density at radius 1 is 0.913 bits per heavy atom. The van der Waals surface area contributed by atoms with Crippen molar-refractivity contribution in [2.75, 3.05) is 7.11 Å². The lowest BCUT2D eigenvalue weighted by atomic mass is 9.87. The van der Waals surface area contributed by atoms with E-state index >= 15 is 0 Å². The second-order valence-electron chi connectivity index (χ2n) is 6.73. The maximum atomic E-state index is 11.7. The lowest BCUT2D eigenvalue weighted by molar-refractivity contribution is 0.0600. The van der Waals surface area contributed by atoms with Gasteiger partial charge in [-0.05, 0) is 60.2 Å². The fourth-order valence-electron chi connectivity index (χ4n) is 2.39. The third-order valence-corrected chi connectivity index (χ3v) is 4.09. The molecule has 0 unspecified atom stereocenters. The van der Waals surface area contributed by atoms with Gasteiger partial charge in [-0.1, -0.05) is 32.9 Å². The molecule has 0 bridgehead atoms. The first-order valence-corrected chi connectivity index (χ1v) is 7.71. The molecule has 0 N–H and O–H groups in total. The van der Waals surface area contributed by atoms with Crippen LogP contribution in [0.5, 0.6) is 11.5 Å². The SMILES string of the molecule is COC(=O)c1ccc(Oc2ccc(C(C)(C)C)cc2)c(C)c1C. The minimum Gasteiger partial charge on any atom is -0.465 e. The van der Waals surface area contributed by atoms with Crippen LogP contribution < -0.4 is 4.74 Å². The Kier molecular flexibility index (Phi) is 4.79. The van der Waals surface area contributed by atoms with E-state index in [2.05, 4.69) is 32.9 Å². The molecule has 0 fully saturated rings. The summed E-state index contributed by atoms with van der Waals surface area (Å²) in [6.45, 7) is 10.4. The van der Waals surface area contributed by atoms with Crippen LogP contribution in [0.15, 0.2) is 36.4 Å². The number of esters is 1. The number of benzene rings is 2. The topological polar surface area (TPSA) is 35.5 Å². The summed E-state index contributed by atoms with van der Waals surface area (Å²) in [4.78, 5) is 11.7. The average Bonchev–Trinajstić information content (AvgIpc) is 2.51. The van der Waals surface area contributed by atoms with Crippen molar-refractivity contribution in [2.24, 2.45) is 0 Å². The molecular formula is C20H24O3. The van der Waals surface area contributed by atoms with Crippen LogP contribution in [0, 0.1) is 13.8 Å². The molecule has 0 saturated carbocycles. The van der Waals surface area contributed by atoms with E-state index in [1.54, 1.807) is 6.07 Å². The first-order chi connectivity index (χ1) is 10.7. The number of methoxy groups -OCH3 is 1. The summed E-state index contributed by atoms with van der Waals surface area (Å²) in [6, 6.07) is 11.7. The monoisotopic (exact) mass is 312 g/mol. The van der Waals surface area contributed by atoms with E-state index in [0.29, 0.717) is 5.56 Å². The Labute approximate surface area is 138 Å². The molecule has 0 atom stereocenters. The number of hydrogen-bond donors (Lipinski definition) is 0. The Balaban J connectivity index is 2.27. The molecule has 0 aliphatic heterocycles. The van der Waals surface area contributed by atoms with Crippen LogP contribution in [-0.2, 0) is 10.2 Å². The summed E-state index contributed by atoms with van der Waals surface area (Å²) in [7, 11) is 1.39. The van der Waals surface area contributed by atoms with Crippen molar-refractivity contribution >= 4 is 5.97 Å². The highest BCUT2D eigenvalue weighted by molar-refractivity contribution is 5.91. The zero-order chi connectivity index (χ0) is 17.2. The Bertz CT molecular complexity index is 707. The maximum Gasteiger partial charge on any atom is 0.338 e. The van der Waals surface area contributed by atoms with Crippen molar-refractivity contribution in [3.05, 3.63) is 58.7 Å². The van der Waals surface area contributed by atoms with Crippen LogP contribution >= 0.6 is 0 Å². The molecule has 0 spiro atoms. The van der Waals surface area contributed by atoms with Gasteiger partial charge < -0.3 is 9.47 Å². The summed E-state index contributed by atoms with van der Waals surface area (Å²) in [6.07, 6.45) is 0. The van der Waals surface area contributed by atoms with E-state index < -0.39 is 0 Å². The second kappa shape index (κ2) is 6.45. The van der Waals surface area contributed by atoms with Gasteiger partial charge in [0.2, 0.25) is 0 Å². The zero-order valence-electron chi connectivity index (χ0n) is 14.7. The minimum absolute atomic E-state index is 0.118. The van der Waals surface area contributed by atoms with Gasteiger partial charge in [0.15, 0.2) is 0 Å². The zero-order valence-corrected chi connectivity index (χ0v) is 14.7. The van der Waals surface area contributed by atoms with E-state index in [4.69, 9.17) is 9.47 Å². The number of hydrogen-bond acceptors (Lipinski definition) is 3. The van der Waals surface area contributed by atoms with Gasteiger partial charge in [-0.25, -0.2) is 4.79 Å². The summed E-state index contributed by atoms with van der Waals surface area (Å²) in [5.41, 5.74) is 3.76. The molecule has 0 aliphatic rings. The predicted molar refractivity (Wildman–Crippen MR) is 92.5 cm³/mol. The molecule has 2 aromatic carbocycles. The summed E-state index contributed by atoms with van der Waals surface area (Å²) in [5, 5.41) is 0. The van der Waals surface area contributed by atoms with Gasteiger partial charge in [0.1, 0.15) is 11.5 Å². The highest BCUT2D eigenvalue weighted by Gasteiger charge is 2.15. The molecule has 23 heavy (non-hydrogen) atoms. The van der Waals surface area contributed by atoms with Gasteiger partial charge in [-0.15, -0.1) is 0 Å². The molecule has 2 rings (SSSR count). The minimum atomic E-state index is -0.327. The molecule has 122 valence electrons. The molecule has 3 nitrogen and oxygen atoms in total. The van der Waals surface area contributed by atoms with Crippen molar-refractivity contribution in [3.8, 4) is 11.5 Å². The highest BCUT2D eigenvalue weighted by Crippen LogP contribution is 2.31. The summed E-state index contributed by atoms with van der Waals surface area (Å²) in [5.74, 6) is 1.21.